The van der Waals surface area contributed by atoms with Gasteiger partial charge in [0.1, 0.15) is 5.75 Å². The van der Waals surface area contributed by atoms with Gasteiger partial charge in [-0.05, 0) is 57.7 Å². The van der Waals surface area contributed by atoms with Gasteiger partial charge in [-0.2, -0.15) is 5.10 Å². The summed E-state index contributed by atoms with van der Waals surface area (Å²) in [5, 5.41) is 3.96. The Balaban J connectivity index is 1.95. The number of hydrazone groups is 1. The molecule has 2 aromatic rings. The highest BCUT2D eigenvalue weighted by Gasteiger charge is 2.04. The molecule has 23 heavy (non-hydrogen) atoms. The summed E-state index contributed by atoms with van der Waals surface area (Å²) in [4.78, 5) is 15.7. The number of rotatable bonds is 6. The van der Waals surface area contributed by atoms with E-state index in [0.29, 0.717) is 18.1 Å². The fourth-order valence-electron chi connectivity index (χ4n) is 1.70. The first-order valence-electron chi connectivity index (χ1n) is 7.22. The standard InChI is InChI=1S/C17H18BrN3O2/c1-12(2)11-23-16-4-3-13(9-15(16)18)10-20-21-17(22)14-5-7-19-8-6-14/h3-10,12H,11H2,1-2H3,(H,21,22)/b20-10-. The fourth-order valence-corrected chi connectivity index (χ4v) is 2.22. The number of nitrogens with one attached hydrogen (secondary N) is 1. The number of carbonyl (C=O) groups is 1. The minimum absolute atomic E-state index is 0.278. The number of hydrogen-bond donors (Lipinski definition) is 1. The molecule has 2 rings (SSSR count). The smallest absolute Gasteiger partial charge is 0.271 e. The quantitative estimate of drug-likeness (QED) is 0.619. The van der Waals surface area contributed by atoms with Crippen LogP contribution in [-0.4, -0.2) is 23.7 Å². The van der Waals surface area contributed by atoms with Gasteiger partial charge in [0, 0.05) is 18.0 Å². The molecule has 0 saturated heterocycles. The molecular formula is C17H18BrN3O2. The van der Waals surface area contributed by atoms with Crippen LogP contribution in [0.4, 0.5) is 0 Å². The average molecular weight is 376 g/mol. The van der Waals surface area contributed by atoms with E-state index in [2.05, 4.69) is 45.3 Å². The predicted molar refractivity (Wildman–Crippen MR) is 93.8 cm³/mol. The first kappa shape index (κ1) is 17.1. The van der Waals surface area contributed by atoms with Gasteiger partial charge in [0.2, 0.25) is 0 Å². The van der Waals surface area contributed by atoms with Crippen molar-refractivity contribution < 1.29 is 9.53 Å². The third-order valence-electron chi connectivity index (χ3n) is 2.85. The van der Waals surface area contributed by atoms with Crippen molar-refractivity contribution in [1.29, 1.82) is 0 Å². The summed E-state index contributed by atoms with van der Waals surface area (Å²) in [6.45, 7) is 4.86. The summed E-state index contributed by atoms with van der Waals surface area (Å²) in [7, 11) is 0. The van der Waals surface area contributed by atoms with Crippen LogP contribution in [0.1, 0.15) is 29.8 Å². The molecule has 0 aliphatic rings. The van der Waals surface area contributed by atoms with Gasteiger partial charge in [0.25, 0.3) is 5.91 Å². The third kappa shape index (κ3) is 5.49. The van der Waals surface area contributed by atoms with Crippen LogP contribution in [0.2, 0.25) is 0 Å². The first-order valence-corrected chi connectivity index (χ1v) is 8.01. The monoisotopic (exact) mass is 375 g/mol. The van der Waals surface area contributed by atoms with Crippen LogP contribution in [0.3, 0.4) is 0 Å². The Morgan fingerprint density at radius 1 is 1.35 bits per heavy atom. The van der Waals surface area contributed by atoms with Crippen molar-refractivity contribution in [2.24, 2.45) is 11.0 Å². The van der Waals surface area contributed by atoms with Gasteiger partial charge < -0.3 is 4.74 Å². The molecule has 1 heterocycles. The first-order chi connectivity index (χ1) is 11.1. The molecule has 1 amide bonds. The highest BCUT2D eigenvalue weighted by molar-refractivity contribution is 9.10. The Kier molecular flexibility index (Phi) is 6.29. The van der Waals surface area contributed by atoms with Gasteiger partial charge >= 0.3 is 0 Å². The summed E-state index contributed by atoms with van der Waals surface area (Å²) >= 11 is 3.47. The summed E-state index contributed by atoms with van der Waals surface area (Å²) in [5.74, 6) is 0.975. The second-order valence-corrected chi connectivity index (χ2v) is 6.18. The molecule has 0 atom stereocenters. The van der Waals surface area contributed by atoms with Crippen LogP contribution in [0.5, 0.6) is 5.75 Å². The Morgan fingerprint density at radius 2 is 2.09 bits per heavy atom. The van der Waals surface area contributed by atoms with Gasteiger partial charge in [-0.15, -0.1) is 0 Å². The van der Waals surface area contributed by atoms with E-state index >= 15 is 0 Å². The molecule has 1 aromatic carbocycles. The minimum Gasteiger partial charge on any atom is -0.492 e. The maximum Gasteiger partial charge on any atom is 0.271 e. The topological polar surface area (TPSA) is 63.6 Å². The van der Waals surface area contributed by atoms with Crippen molar-refractivity contribution in [2.75, 3.05) is 6.61 Å². The van der Waals surface area contributed by atoms with Crippen molar-refractivity contribution in [3.8, 4) is 5.75 Å². The molecule has 120 valence electrons. The van der Waals surface area contributed by atoms with E-state index in [9.17, 15) is 4.79 Å². The number of benzene rings is 1. The number of hydrogen-bond acceptors (Lipinski definition) is 4. The highest BCUT2D eigenvalue weighted by atomic mass is 79.9. The molecule has 0 spiro atoms. The number of ether oxygens (including phenoxy) is 1. The number of amides is 1. The Hall–Kier alpha value is -2.21. The molecule has 0 saturated carbocycles. The molecule has 0 radical (unpaired) electrons. The van der Waals surface area contributed by atoms with Crippen molar-refractivity contribution >= 4 is 28.1 Å². The summed E-state index contributed by atoms with van der Waals surface area (Å²) in [5.41, 5.74) is 3.84. The molecule has 0 aliphatic carbocycles. The molecular weight excluding hydrogens is 358 g/mol. The lowest BCUT2D eigenvalue weighted by Crippen LogP contribution is -2.17. The largest absolute Gasteiger partial charge is 0.492 e. The van der Waals surface area contributed by atoms with Crippen LogP contribution in [0, 0.1) is 5.92 Å². The lowest BCUT2D eigenvalue weighted by atomic mass is 10.2. The number of halogens is 1. The lowest BCUT2D eigenvalue weighted by molar-refractivity contribution is 0.0955. The zero-order chi connectivity index (χ0) is 16.7. The van der Waals surface area contributed by atoms with Crippen molar-refractivity contribution in [3.05, 3.63) is 58.3 Å². The van der Waals surface area contributed by atoms with E-state index < -0.39 is 0 Å². The maximum atomic E-state index is 11.8. The van der Waals surface area contributed by atoms with E-state index in [0.717, 1.165) is 15.8 Å². The Bertz CT molecular complexity index is 687. The zero-order valence-corrected chi connectivity index (χ0v) is 14.6. The van der Waals surface area contributed by atoms with E-state index in [1.54, 1.807) is 30.7 Å². The van der Waals surface area contributed by atoms with Crippen LogP contribution in [-0.2, 0) is 0 Å². The third-order valence-corrected chi connectivity index (χ3v) is 3.47. The summed E-state index contributed by atoms with van der Waals surface area (Å²) < 4.78 is 6.54. The van der Waals surface area contributed by atoms with Crippen molar-refractivity contribution in [3.63, 3.8) is 0 Å². The lowest BCUT2D eigenvalue weighted by Gasteiger charge is -2.10. The molecule has 6 heteroatoms. The molecule has 0 aliphatic heterocycles. The van der Waals surface area contributed by atoms with E-state index in [1.807, 2.05) is 18.2 Å². The fraction of sp³-hybridized carbons (Fsp3) is 0.235. The van der Waals surface area contributed by atoms with Crippen LogP contribution < -0.4 is 10.2 Å². The van der Waals surface area contributed by atoms with E-state index in [-0.39, 0.29) is 5.91 Å². The number of nitrogens with zero attached hydrogens (tertiary/aromatic N) is 2. The van der Waals surface area contributed by atoms with Crippen LogP contribution >= 0.6 is 15.9 Å². The maximum absolute atomic E-state index is 11.8. The predicted octanol–water partition coefficient (Wildman–Crippen LogP) is 3.64. The molecule has 0 bridgehead atoms. The minimum atomic E-state index is -0.278. The van der Waals surface area contributed by atoms with Crippen molar-refractivity contribution in [2.45, 2.75) is 13.8 Å². The molecule has 0 unspecified atom stereocenters. The zero-order valence-electron chi connectivity index (χ0n) is 13.0. The van der Waals surface area contributed by atoms with Gasteiger partial charge in [-0.1, -0.05) is 13.8 Å². The van der Waals surface area contributed by atoms with Crippen molar-refractivity contribution in [1.82, 2.24) is 10.4 Å². The number of pyridine rings is 1. The van der Waals surface area contributed by atoms with Gasteiger partial charge in [0.05, 0.1) is 17.3 Å². The average Bonchev–Trinajstić information content (AvgIpc) is 2.54. The molecule has 1 aromatic heterocycles. The highest BCUT2D eigenvalue weighted by Crippen LogP contribution is 2.25. The Labute approximate surface area is 143 Å². The molecule has 1 N–H and O–H groups in total. The molecule has 5 nitrogen and oxygen atoms in total. The van der Waals surface area contributed by atoms with Gasteiger partial charge in [-0.3, -0.25) is 9.78 Å². The van der Waals surface area contributed by atoms with E-state index in [4.69, 9.17) is 4.74 Å². The number of carbonyl (C=O) groups excluding carboxylic acids is 1. The second kappa shape index (κ2) is 8.43. The van der Waals surface area contributed by atoms with E-state index in [1.165, 1.54) is 0 Å². The van der Waals surface area contributed by atoms with Crippen LogP contribution in [0.15, 0.2) is 52.3 Å². The second-order valence-electron chi connectivity index (χ2n) is 5.33. The van der Waals surface area contributed by atoms with Gasteiger partial charge in [0.15, 0.2) is 0 Å². The number of aromatic nitrogens is 1. The normalized spacial score (nSPS) is 11.0. The summed E-state index contributed by atoms with van der Waals surface area (Å²) in [6, 6.07) is 8.89. The Morgan fingerprint density at radius 3 is 2.74 bits per heavy atom. The molecule has 0 fully saturated rings. The van der Waals surface area contributed by atoms with Gasteiger partial charge in [-0.25, -0.2) is 5.43 Å². The van der Waals surface area contributed by atoms with Crippen LogP contribution in [0.25, 0.3) is 0 Å². The SMILES string of the molecule is CC(C)COc1ccc(/C=N\NC(=O)c2ccncc2)cc1Br. The summed E-state index contributed by atoms with van der Waals surface area (Å²) in [6.07, 6.45) is 4.70.